The van der Waals surface area contributed by atoms with Crippen molar-refractivity contribution in [2.24, 2.45) is 0 Å². The molecule has 0 saturated carbocycles. The summed E-state index contributed by atoms with van der Waals surface area (Å²) in [5.41, 5.74) is 5.97. The van der Waals surface area contributed by atoms with Crippen molar-refractivity contribution in [3.8, 4) is 45.6 Å². The fourth-order valence-corrected chi connectivity index (χ4v) is 5.45. The number of fused-ring (bicyclic) bond motifs is 20. The van der Waals surface area contributed by atoms with Gasteiger partial charge in [-0.2, -0.15) is 0 Å². The van der Waals surface area contributed by atoms with Gasteiger partial charge in [0, 0.05) is 33.5 Å². The Bertz CT molecular complexity index is 2040. The Hall–Kier alpha value is -4.57. The van der Waals surface area contributed by atoms with Gasteiger partial charge in [-0.15, -0.1) is 24.3 Å². The number of hydrogen-bond acceptors (Lipinski definition) is 6. The molecule has 0 amide bonds. The molecule has 3 aromatic heterocycles. The Labute approximate surface area is 263 Å². The summed E-state index contributed by atoms with van der Waals surface area (Å²) in [6.45, 7) is 0. The fraction of sp³-hybridized carbons (Fsp3) is 0. The number of hydrogen-bond donors (Lipinski definition) is 1. The van der Waals surface area contributed by atoms with E-state index >= 15 is 0 Å². The molecule has 186 valence electrons. The number of aromatic nitrogens is 8. The number of aromatic amines is 1. The van der Waals surface area contributed by atoms with E-state index in [1.54, 1.807) is 0 Å². The van der Waals surface area contributed by atoms with E-state index in [9.17, 15) is 0 Å². The molecule has 0 spiro atoms. The Morgan fingerprint density at radius 3 is 1.48 bits per heavy atom. The number of nitrogens with one attached hydrogen (secondary N) is 1. The molecule has 0 radical (unpaired) electrons. The Balaban J connectivity index is 0.00000144. The van der Waals surface area contributed by atoms with E-state index in [1.807, 2.05) is 91.0 Å². The molecular formula is C32H16Li2N8. The van der Waals surface area contributed by atoms with E-state index < -0.39 is 0 Å². The van der Waals surface area contributed by atoms with Gasteiger partial charge in [0.2, 0.25) is 0 Å². The van der Waals surface area contributed by atoms with Crippen LogP contribution >= 0.6 is 0 Å². The number of rotatable bonds is 0. The van der Waals surface area contributed by atoms with Crippen LogP contribution in [0.15, 0.2) is 91.0 Å². The van der Waals surface area contributed by atoms with Crippen LogP contribution in [0.3, 0.4) is 0 Å². The first-order valence-corrected chi connectivity index (χ1v) is 12.9. The molecule has 7 aromatic rings. The first kappa shape index (κ1) is 26.3. The Kier molecular flexibility index (Phi) is 6.31. The second-order valence-corrected chi connectivity index (χ2v) is 9.64. The maximum absolute atomic E-state index is 4.98. The molecule has 2 aliphatic rings. The molecule has 0 atom stereocenters. The maximum Gasteiger partial charge on any atom is 1.00 e. The van der Waals surface area contributed by atoms with Crippen molar-refractivity contribution >= 4 is 44.1 Å². The van der Waals surface area contributed by atoms with E-state index in [0.29, 0.717) is 45.9 Å². The van der Waals surface area contributed by atoms with Gasteiger partial charge in [0.25, 0.3) is 0 Å². The van der Waals surface area contributed by atoms with Crippen LogP contribution in [0.2, 0.25) is 0 Å². The van der Waals surface area contributed by atoms with Crippen LogP contribution in [-0.4, -0.2) is 34.9 Å². The molecule has 10 heteroatoms. The summed E-state index contributed by atoms with van der Waals surface area (Å²) in [6.07, 6.45) is 0. The van der Waals surface area contributed by atoms with Crippen molar-refractivity contribution in [2.45, 2.75) is 0 Å². The van der Waals surface area contributed by atoms with Gasteiger partial charge in [0.1, 0.15) is 0 Å². The molecule has 9 rings (SSSR count). The predicted molar refractivity (Wildman–Crippen MR) is 154 cm³/mol. The second-order valence-electron chi connectivity index (χ2n) is 9.64. The van der Waals surface area contributed by atoms with Crippen molar-refractivity contribution in [3.05, 3.63) is 97.1 Å². The Morgan fingerprint density at radius 2 is 0.929 bits per heavy atom. The van der Waals surface area contributed by atoms with Gasteiger partial charge in [-0.3, -0.25) is 4.98 Å². The minimum Gasteiger partial charge on any atom is -0.372 e. The molecule has 0 unspecified atom stereocenters. The Morgan fingerprint density at radius 1 is 0.476 bits per heavy atom. The topological polar surface area (TPSA) is 107 Å². The molecule has 0 fully saturated rings. The first-order valence-electron chi connectivity index (χ1n) is 12.9. The third-order valence-corrected chi connectivity index (χ3v) is 7.31. The zero-order valence-corrected chi connectivity index (χ0v) is 22.8. The van der Waals surface area contributed by atoms with Gasteiger partial charge in [-0.05, 0) is 10.8 Å². The summed E-state index contributed by atoms with van der Waals surface area (Å²) >= 11 is 0. The third-order valence-electron chi connectivity index (χ3n) is 7.31. The van der Waals surface area contributed by atoms with Gasteiger partial charge in [-0.25, -0.2) is 15.0 Å². The van der Waals surface area contributed by atoms with Crippen LogP contribution in [0, 0.1) is 6.07 Å². The van der Waals surface area contributed by atoms with Crippen LogP contribution in [0.1, 0.15) is 0 Å². The van der Waals surface area contributed by atoms with Gasteiger partial charge >= 0.3 is 37.7 Å². The number of H-pyrrole nitrogens is 1. The molecule has 5 heterocycles. The largest absolute Gasteiger partial charge is 1.00 e. The molecule has 0 saturated heterocycles. The molecule has 1 N–H and O–H groups in total. The monoisotopic (exact) mass is 526 g/mol. The van der Waals surface area contributed by atoms with E-state index in [-0.39, 0.29) is 37.7 Å². The molecule has 42 heavy (non-hydrogen) atoms. The van der Waals surface area contributed by atoms with Crippen molar-refractivity contribution < 1.29 is 37.7 Å². The van der Waals surface area contributed by atoms with Crippen molar-refractivity contribution in [1.82, 2.24) is 39.9 Å². The van der Waals surface area contributed by atoms with E-state index in [2.05, 4.69) is 11.1 Å². The van der Waals surface area contributed by atoms with E-state index in [0.717, 1.165) is 43.8 Å². The maximum atomic E-state index is 4.98. The standard InChI is InChI=1S/C32H16N8.2Li/c1-2-10-18-17(9-1)25-33-26(18)38-28-21-13-5-6-14-22(21)30(35-28)40-32-24-16-8-7-15-23(24)31(36-32)39-29-20-12-4-3-11-19(20)27(34-29)37-25;;/h1-15H,(H-,33,34,35,36,37,38,39,40);;/q-2;2*+1. The quantitative estimate of drug-likeness (QED) is 0.224. The summed E-state index contributed by atoms with van der Waals surface area (Å²) < 4.78 is 0. The van der Waals surface area contributed by atoms with Crippen molar-refractivity contribution in [2.75, 3.05) is 0 Å². The van der Waals surface area contributed by atoms with Crippen molar-refractivity contribution in [3.63, 3.8) is 0 Å². The summed E-state index contributed by atoms with van der Waals surface area (Å²) in [5.74, 6) is 2.25. The summed E-state index contributed by atoms with van der Waals surface area (Å²) in [7, 11) is 0. The first-order chi connectivity index (χ1) is 19.8. The van der Waals surface area contributed by atoms with Gasteiger partial charge in [0.05, 0.1) is 22.9 Å². The van der Waals surface area contributed by atoms with Crippen LogP contribution in [-0.2, 0) is 0 Å². The van der Waals surface area contributed by atoms with Crippen molar-refractivity contribution in [1.29, 1.82) is 0 Å². The zero-order valence-electron chi connectivity index (χ0n) is 22.8. The molecule has 2 aliphatic heterocycles. The summed E-state index contributed by atoms with van der Waals surface area (Å²) in [4.78, 5) is 37.9. The molecule has 0 aliphatic carbocycles. The average molecular weight is 526 g/mol. The van der Waals surface area contributed by atoms with Gasteiger partial charge in [-0.1, -0.05) is 83.6 Å². The smallest absolute Gasteiger partial charge is 0.372 e. The second kappa shape index (κ2) is 10.1. The van der Waals surface area contributed by atoms with Crippen LogP contribution in [0.5, 0.6) is 0 Å². The normalized spacial score (nSPS) is 11.4. The van der Waals surface area contributed by atoms with E-state index in [4.69, 9.17) is 34.9 Å². The number of benzene rings is 4. The summed E-state index contributed by atoms with van der Waals surface area (Å²) in [6, 6.07) is 33.0. The molecular weight excluding hydrogens is 510 g/mol. The van der Waals surface area contributed by atoms with Crippen LogP contribution in [0.25, 0.3) is 89.7 Å². The van der Waals surface area contributed by atoms with Crippen LogP contribution < -0.4 is 42.7 Å². The molecule has 8 bridgehead atoms. The predicted octanol–water partition coefficient (Wildman–Crippen LogP) is 0.306. The molecule has 4 aromatic carbocycles. The number of nitrogens with zero attached hydrogens (tertiary/aromatic N) is 7. The van der Waals surface area contributed by atoms with Gasteiger partial charge in [0.15, 0.2) is 11.6 Å². The SMILES string of the molecule is [Li+].[Li+].[c-]1cccc2c3nc4nc(nc5[n-]c(nc6nc(nc([nH]3)c12)-c1ccccc1-6)c1ccccc51)-c1ccccc1-4. The summed E-state index contributed by atoms with van der Waals surface area (Å²) in [5, 5.41) is 3.51. The third kappa shape index (κ3) is 3.93. The molecule has 8 nitrogen and oxygen atoms in total. The van der Waals surface area contributed by atoms with E-state index in [1.165, 1.54) is 0 Å². The fourth-order valence-electron chi connectivity index (χ4n) is 5.45. The minimum absolute atomic E-state index is 0. The zero-order chi connectivity index (χ0) is 26.2. The minimum atomic E-state index is 0. The average Bonchev–Trinajstić information content (AvgIpc) is 3.73. The van der Waals surface area contributed by atoms with Gasteiger partial charge < -0.3 is 19.9 Å². The van der Waals surface area contributed by atoms with Crippen LogP contribution in [0.4, 0.5) is 0 Å².